The molecular weight excluding hydrogens is 526 g/mol. The average molecular weight is 602 g/mol. The number of morpholine rings is 1. The first kappa shape index (κ1) is 41.1. The van der Waals surface area contributed by atoms with E-state index in [9.17, 15) is 0 Å². The summed E-state index contributed by atoms with van der Waals surface area (Å²) >= 11 is 2.07. The Balaban J connectivity index is 0.000000516. The number of hydrogen-bond donors (Lipinski definition) is 0. The monoisotopic (exact) mass is 602 g/mol. The van der Waals surface area contributed by atoms with Gasteiger partial charge in [-0.1, -0.05) is 13.8 Å². The third-order valence-corrected chi connectivity index (χ3v) is 9.43. The third kappa shape index (κ3) is 18.5. The third-order valence-electron chi connectivity index (χ3n) is 8.49. The Labute approximate surface area is 263 Å². The molecule has 0 saturated carbocycles. The van der Waals surface area contributed by atoms with Gasteiger partial charge >= 0.3 is 0 Å². The van der Waals surface area contributed by atoms with Gasteiger partial charge in [-0.2, -0.15) is 11.8 Å². The Bertz CT molecular complexity index is 548. The van der Waals surface area contributed by atoms with Crippen LogP contribution in [0.4, 0.5) is 0 Å². The molecule has 0 N–H and O–H groups in total. The summed E-state index contributed by atoms with van der Waals surface area (Å²) in [6.07, 6.45) is 4.24. The fraction of sp³-hybridized carbons (Fsp3) is 1.00. The molecule has 0 aromatic rings. The Hall–Kier alpha value is 0.110. The van der Waals surface area contributed by atoms with Gasteiger partial charge in [0.1, 0.15) is 0 Å². The molecule has 248 valence electrons. The van der Waals surface area contributed by atoms with Crippen LogP contribution in [0.3, 0.4) is 0 Å². The zero-order valence-electron chi connectivity index (χ0n) is 29.2. The number of hydrogen-bond acceptors (Lipinski definition) is 7. The molecule has 0 amide bonds. The fourth-order valence-electron chi connectivity index (χ4n) is 5.37. The van der Waals surface area contributed by atoms with E-state index >= 15 is 0 Å². The summed E-state index contributed by atoms with van der Waals surface area (Å²) in [5.74, 6) is 2.63. The lowest BCUT2D eigenvalue weighted by atomic mass is 10.0. The number of piperazine rings is 1. The van der Waals surface area contributed by atoms with E-state index in [1.807, 2.05) is 0 Å². The van der Waals surface area contributed by atoms with Gasteiger partial charge in [0.05, 0.1) is 13.2 Å². The van der Waals surface area contributed by atoms with Crippen LogP contribution >= 0.6 is 11.8 Å². The molecule has 4 fully saturated rings. The highest BCUT2D eigenvalue weighted by molar-refractivity contribution is 7.99. The van der Waals surface area contributed by atoms with Crippen molar-refractivity contribution in [3.05, 3.63) is 0 Å². The van der Waals surface area contributed by atoms with E-state index < -0.39 is 0 Å². The lowest BCUT2D eigenvalue weighted by Gasteiger charge is -2.38. The molecule has 0 aliphatic carbocycles. The Morgan fingerprint density at radius 2 is 0.927 bits per heavy atom. The summed E-state index contributed by atoms with van der Waals surface area (Å²) in [5, 5.41) is 0. The molecule has 4 rings (SSSR count). The average Bonchev–Trinajstić information content (AvgIpc) is 2.90. The number of ether oxygens (including phenoxy) is 1. The molecule has 0 atom stereocenters. The first-order chi connectivity index (χ1) is 18.5. The highest BCUT2D eigenvalue weighted by atomic mass is 32.2. The van der Waals surface area contributed by atoms with E-state index in [1.54, 1.807) is 0 Å². The number of nitrogens with zero attached hydrogens (tertiary/aromatic N) is 5. The highest BCUT2D eigenvalue weighted by Crippen LogP contribution is 2.20. The van der Waals surface area contributed by atoms with Crippen LogP contribution in [-0.4, -0.2) is 144 Å². The topological polar surface area (TPSA) is 25.4 Å². The van der Waals surface area contributed by atoms with Crippen molar-refractivity contribution in [3.63, 3.8) is 0 Å². The molecule has 4 aliphatic rings. The number of rotatable bonds is 1. The minimum absolute atomic E-state index is 0. The normalized spacial score (nSPS) is 22.8. The van der Waals surface area contributed by atoms with Crippen LogP contribution in [0.1, 0.15) is 103 Å². The number of piperidine rings is 1. The summed E-state index contributed by atoms with van der Waals surface area (Å²) < 4.78 is 5.25. The molecule has 0 bridgehead atoms. The van der Waals surface area contributed by atoms with Gasteiger partial charge in [-0.15, -0.1) is 0 Å². The fourth-order valence-corrected chi connectivity index (χ4v) is 6.27. The minimum atomic E-state index is 0. The van der Waals surface area contributed by atoms with Gasteiger partial charge in [-0.25, -0.2) is 0 Å². The summed E-state index contributed by atoms with van der Waals surface area (Å²) in [4.78, 5) is 12.5. The molecule has 0 aromatic heterocycles. The van der Waals surface area contributed by atoms with E-state index in [4.69, 9.17) is 4.74 Å². The molecular formula is C34H75N5OS. The second kappa shape index (κ2) is 20.2. The predicted molar refractivity (Wildman–Crippen MR) is 187 cm³/mol. The van der Waals surface area contributed by atoms with Crippen LogP contribution in [0.15, 0.2) is 0 Å². The van der Waals surface area contributed by atoms with Crippen LogP contribution < -0.4 is 0 Å². The lowest BCUT2D eigenvalue weighted by molar-refractivity contribution is -0.00389. The van der Waals surface area contributed by atoms with Gasteiger partial charge in [-0.3, -0.25) is 19.6 Å². The SMILES string of the molecule is C.CC(C)(C)N1CCCCC1.CC(C)(C)N1CCOCC1.CC(C)(C)N1CCSCC1.CC(C)N1CCN(C)CC1. The first-order valence-corrected chi connectivity index (χ1v) is 17.5. The standard InChI is InChI=1S/C9H19N.C8H18N2.C8H17NO.C8H17NS.CH4/c1-9(2,3)10-7-5-4-6-8-10;1-8(2)10-6-4-9(3)5-7-10;2*1-8(2,3)9-4-6-10-7-5-9;/h4-8H2,1-3H3;8H,4-7H2,1-3H3;2*4-7H2,1-3H3;1H4. The van der Waals surface area contributed by atoms with Crippen LogP contribution in [0.5, 0.6) is 0 Å². The molecule has 0 radical (unpaired) electrons. The second-order valence-electron chi connectivity index (χ2n) is 15.2. The van der Waals surface area contributed by atoms with Crippen LogP contribution in [0.2, 0.25) is 0 Å². The van der Waals surface area contributed by atoms with Crippen LogP contribution in [-0.2, 0) is 4.74 Å². The van der Waals surface area contributed by atoms with Crippen molar-refractivity contribution >= 4 is 11.8 Å². The van der Waals surface area contributed by atoms with Gasteiger partial charge in [-0.05, 0) is 109 Å². The molecule has 6 nitrogen and oxygen atoms in total. The van der Waals surface area contributed by atoms with Crippen molar-refractivity contribution in [3.8, 4) is 0 Å². The zero-order valence-corrected chi connectivity index (χ0v) is 30.0. The molecule has 41 heavy (non-hydrogen) atoms. The van der Waals surface area contributed by atoms with E-state index in [0.29, 0.717) is 16.6 Å². The van der Waals surface area contributed by atoms with Crippen molar-refractivity contribution in [2.24, 2.45) is 0 Å². The van der Waals surface area contributed by atoms with Crippen LogP contribution in [0.25, 0.3) is 0 Å². The maximum absolute atomic E-state index is 5.25. The van der Waals surface area contributed by atoms with Crippen molar-refractivity contribution in [2.45, 2.75) is 126 Å². The maximum atomic E-state index is 5.25. The van der Waals surface area contributed by atoms with Crippen molar-refractivity contribution in [1.29, 1.82) is 0 Å². The van der Waals surface area contributed by atoms with Crippen molar-refractivity contribution in [1.82, 2.24) is 24.5 Å². The predicted octanol–water partition coefficient (Wildman–Crippen LogP) is 6.50. The number of likely N-dealkylation sites (tertiary alicyclic amines) is 1. The zero-order chi connectivity index (χ0) is 30.4. The van der Waals surface area contributed by atoms with Gasteiger partial charge in [0.25, 0.3) is 0 Å². The summed E-state index contributed by atoms with van der Waals surface area (Å²) in [7, 11) is 2.19. The van der Waals surface area contributed by atoms with E-state index in [1.165, 1.54) is 83.1 Å². The lowest BCUT2D eigenvalue weighted by Crippen LogP contribution is -2.47. The smallest absolute Gasteiger partial charge is 0.0594 e. The number of thioether (sulfide) groups is 1. The Morgan fingerprint density at radius 1 is 0.537 bits per heavy atom. The molecule has 0 unspecified atom stereocenters. The summed E-state index contributed by atoms with van der Waals surface area (Å²) in [6.45, 7) is 39.2. The van der Waals surface area contributed by atoms with Crippen molar-refractivity contribution in [2.75, 3.05) is 97.2 Å². The largest absolute Gasteiger partial charge is 0.379 e. The van der Waals surface area contributed by atoms with E-state index in [2.05, 4.69) is 119 Å². The van der Waals surface area contributed by atoms with Gasteiger partial charge in [0, 0.05) is 86.5 Å². The molecule has 4 heterocycles. The molecule has 7 heteroatoms. The summed E-state index contributed by atoms with van der Waals surface area (Å²) in [5.41, 5.74) is 1.12. The van der Waals surface area contributed by atoms with E-state index in [0.717, 1.165) is 32.3 Å². The summed E-state index contributed by atoms with van der Waals surface area (Å²) in [6, 6.07) is 0.730. The quantitative estimate of drug-likeness (QED) is 0.338. The molecule has 0 aromatic carbocycles. The van der Waals surface area contributed by atoms with Gasteiger partial charge in [0.15, 0.2) is 0 Å². The number of likely N-dealkylation sites (N-methyl/N-ethyl adjacent to an activating group) is 1. The molecule has 0 spiro atoms. The molecule has 4 saturated heterocycles. The highest BCUT2D eigenvalue weighted by Gasteiger charge is 2.24. The molecule has 4 aliphatic heterocycles. The van der Waals surface area contributed by atoms with E-state index in [-0.39, 0.29) is 7.43 Å². The second-order valence-corrected chi connectivity index (χ2v) is 16.4. The Morgan fingerprint density at radius 3 is 1.24 bits per heavy atom. The van der Waals surface area contributed by atoms with Crippen molar-refractivity contribution < 1.29 is 4.74 Å². The Kier molecular flexibility index (Phi) is 20.3. The first-order valence-electron chi connectivity index (χ1n) is 16.3. The maximum Gasteiger partial charge on any atom is 0.0594 e. The minimum Gasteiger partial charge on any atom is -0.379 e. The van der Waals surface area contributed by atoms with Crippen LogP contribution in [0, 0.1) is 0 Å². The van der Waals surface area contributed by atoms with Gasteiger partial charge < -0.3 is 9.64 Å². The van der Waals surface area contributed by atoms with Gasteiger partial charge in [0.2, 0.25) is 0 Å².